The number of hydrogen-bond donors (Lipinski definition) is 1. The monoisotopic (exact) mass is 294 g/mol. The summed E-state index contributed by atoms with van der Waals surface area (Å²) in [6, 6.07) is 0.954. The van der Waals surface area contributed by atoms with Crippen molar-refractivity contribution in [2.24, 2.45) is 5.92 Å². The van der Waals surface area contributed by atoms with Crippen LogP contribution in [0, 0.1) is 12.8 Å². The minimum absolute atomic E-state index is 0.300. The summed E-state index contributed by atoms with van der Waals surface area (Å²) in [7, 11) is 1.74. The van der Waals surface area contributed by atoms with Gasteiger partial charge >= 0.3 is 0 Å². The molecule has 2 heterocycles. The van der Waals surface area contributed by atoms with Crippen LogP contribution in [0.25, 0.3) is 0 Å². The number of methoxy groups -OCH3 is 1. The molecule has 0 amide bonds. The normalized spacial score (nSPS) is 21.1. The van der Waals surface area contributed by atoms with Gasteiger partial charge in [-0.05, 0) is 46.6 Å². The highest BCUT2D eigenvalue weighted by atomic mass is 16.5. The molecule has 0 aliphatic carbocycles. The van der Waals surface area contributed by atoms with Gasteiger partial charge in [-0.25, -0.2) is 4.98 Å². The Hall–Kier alpha value is -1.07. The van der Waals surface area contributed by atoms with Crippen LogP contribution in [0.5, 0.6) is 0 Å². The number of hydrogen-bond acceptors (Lipinski definition) is 4. The van der Waals surface area contributed by atoms with Crippen LogP contribution < -0.4 is 5.32 Å². The molecule has 0 spiro atoms. The van der Waals surface area contributed by atoms with Crippen LogP contribution in [0.4, 0.5) is 5.95 Å². The van der Waals surface area contributed by atoms with Crippen LogP contribution in [0.15, 0.2) is 6.20 Å². The van der Waals surface area contributed by atoms with Crippen LogP contribution in [-0.4, -0.2) is 53.8 Å². The highest BCUT2D eigenvalue weighted by Crippen LogP contribution is 2.21. The third-order valence-electron chi connectivity index (χ3n) is 4.33. The first-order valence-corrected chi connectivity index (χ1v) is 8.03. The number of ether oxygens (including phenoxy) is 1. The van der Waals surface area contributed by atoms with Gasteiger partial charge in [0.25, 0.3) is 0 Å². The summed E-state index contributed by atoms with van der Waals surface area (Å²) in [6.45, 7) is 12.9. The number of aromatic nitrogens is 2. The highest BCUT2D eigenvalue weighted by Gasteiger charge is 2.24. The Bertz CT molecular complexity index is 443. The minimum Gasteiger partial charge on any atom is -0.383 e. The van der Waals surface area contributed by atoms with Crippen LogP contribution in [0.2, 0.25) is 0 Å². The predicted molar refractivity (Wildman–Crippen MR) is 86.9 cm³/mol. The first kappa shape index (κ1) is 16.3. The summed E-state index contributed by atoms with van der Waals surface area (Å²) in [5.41, 5.74) is 1.05. The maximum absolute atomic E-state index is 5.26. The number of nitrogens with one attached hydrogen (secondary N) is 1. The average molecular weight is 294 g/mol. The lowest BCUT2D eigenvalue weighted by atomic mass is 10.1. The molecular formula is C16H30N4O. The van der Waals surface area contributed by atoms with Gasteiger partial charge in [0.15, 0.2) is 0 Å². The zero-order valence-corrected chi connectivity index (χ0v) is 14.1. The van der Waals surface area contributed by atoms with Crippen molar-refractivity contribution in [1.29, 1.82) is 0 Å². The molecule has 1 aromatic heterocycles. The van der Waals surface area contributed by atoms with E-state index in [1.165, 1.54) is 19.5 Å². The van der Waals surface area contributed by atoms with E-state index in [1.54, 1.807) is 7.11 Å². The van der Waals surface area contributed by atoms with E-state index >= 15 is 0 Å². The van der Waals surface area contributed by atoms with E-state index in [1.807, 2.05) is 6.92 Å². The molecule has 0 bridgehead atoms. The number of likely N-dealkylation sites (tertiary alicyclic amines) is 1. The van der Waals surface area contributed by atoms with E-state index in [-0.39, 0.29) is 0 Å². The van der Waals surface area contributed by atoms with Crippen LogP contribution in [0.3, 0.4) is 0 Å². The van der Waals surface area contributed by atoms with Crippen molar-refractivity contribution in [3.05, 3.63) is 11.9 Å². The van der Waals surface area contributed by atoms with Gasteiger partial charge < -0.3 is 19.5 Å². The summed E-state index contributed by atoms with van der Waals surface area (Å²) in [4.78, 5) is 7.16. The largest absolute Gasteiger partial charge is 0.383 e. The zero-order chi connectivity index (χ0) is 15.4. The van der Waals surface area contributed by atoms with Crippen LogP contribution in [0.1, 0.15) is 38.9 Å². The third-order valence-corrected chi connectivity index (χ3v) is 4.33. The Labute approximate surface area is 128 Å². The molecule has 120 valence electrons. The smallest absolute Gasteiger partial charge is 0.203 e. The fourth-order valence-electron chi connectivity index (χ4n) is 3.04. The van der Waals surface area contributed by atoms with Gasteiger partial charge in [-0.1, -0.05) is 0 Å². The molecule has 1 saturated heterocycles. The summed E-state index contributed by atoms with van der Waals surface area (Å²) >= 11 is 0. The van der Waals surface area contributed by atoms with Crippen molar-refractivity contribution in [3.63, 3.8) is 0 Å². The second kappa shape index (κ2) is 7.27. The van der Waals surface area contributed by atoms with E-state index in [9.17, 15) is 0 Å². The summed E-state index contributed by atoms with van der Waals surface area (Å²) < 4.78 is 7.45. The van der Waals surface area contributed by atoms with Gasteiger partial charge in [-0.2, -0.15) is 0 Å². The van der Waals surface area contributed by atoms with Gasteiger partial charge in [0.05, 0.1) is 18.3 Å². The van der Waals surface area contributed by atoms with Crippen molar-refractivity contribution in [1.82, 2.24) is 14.5 Å². The second-order valence-electron chi connectivity index (χ2n) is 6.54. The molecule has 1 aliphatic heterocycles. The summed E-state index contributed by atoms with van der Waals surface area (Å²) in [5.74, 6) is 1.69. The van der Waals surface area contributed by atoms with Crippen molar-refractivity contribution in [2.45, 2.75) is 46.2 Å². The summed E-state index contributed by atoms with van der Waals surface area (Å²) in [6.07, 6.45) is 3.37. The van der Waals surface area contributed by atoms with Crippen molar-refractivity contribution < 1.29 is 4.74 Å². The molecule has 0 saturated carbocycles. The van der Waals surface area contributed by atoms with Crippen molar-refractivity contribution in [3.8, 4) is 0 Å². The molecular weight excluding hydrogens is 264 g/mol. The lowest BCUT2D eigenvalue weighted by Crippen LogP contribution is -2.29. The van der Waals surface area contributed by atoms with E-state index in [4.69, 9.17) is 4.74 Å². The van der Waals surface area contributed by atoms with E-state index in [2.05, 4.69) is 46.7 Å². The maximum atomic E-state index is 5.26. The van der Waals surface area contributed by atoms with Crippen molar-refractivity contribution in [2.75, 3.05) is 38.7 Å². The quantitative estimate of drug-likeness (QED) is 0.839. The molecule has 5 heteroatoms. The lowest BCUT2D eigenvalue weighted by Gasteiger charge is -2.21. The highest BCUT2D eigenvalue weighted by molar-refractivity contribution is 5.29. The predicted octanol–water partition coefficient (Wildman–Crippen LogP) is 2.54. The van der Waals surface area contributed by atoms with Crippen LogP contribution >= 0.6 is 0 Å². The molecule has 2 atom stereocenters. The van der Waals surface area contributed by atoms with Gasteiger partial charge in [0, 0.05) is 32.4 Å². The number of aryl methyl sites for hydroxylation is 1. The standard InChI is InChI=1S/C16H30N4O/c1-12(2)19-7-6-15(10-19)8-17-16-18-13(3)9-20(16)14(4)11-21-5/h9,12,14-15H,6-8,10-11H2,1-5H3,(H,17,18). The zero-order valence-electron chi connectivity index (χ0n) is 14.1. The van der Waals surface area contributed by atoms with Crippen molar-refractivity contribution >= 4 is 5.95 Å². The van der Waals surface area contributed by atoms with Gasteiger partial charge in [0.2, 0.25) is 5.95 Å². The Morgan fingerprint density at radius 1 is 1.43 bits per heavy atom. The molecule has 1 fully saturated rings. The third kappa shape index (κ3) is 4.20. The Balaban J connectivity index is 1.91. The first-order chi connectivity index (χ1) is 10.0. The number of nitrogens with zero attached hydrogens (tertiary/aromatic N) is 3. The van der Waals surface area contributed by atoms with E-state index in [0.717, 1.165) is 24.1 Å². The van der Waals surface area contributed by atoms with Gasteiger partial charge in [-0.3, -0.25) is 0 Å². The molecule has 2 unspecified atom stereocenters. The average Bonchev–Trinajstić information content (AvgIpc) is 3.03. The topological polar surface area (TPSA) is 42.3 Å². The molecule has 0 aromatic carbocycles. The van der Waals surface area contributed by atoms with E-state index in [0.29, 0.717) is 18.7 Å². The fourth-order valence-corrected chi connectivity index (χ4v) is 3.04. The van der Waals surface area contributed by atoms with Crippen LogP contribution in [-0.2, 0) is 4.74 Å². The number of rotatable bonds is 7. The van der Waals surface area contributed by atoms with Gasteiger partial charge in [-0.15, -0.1) is 0 Å². The number of anilines is 1. The second-order valence-corrected chi connectivity index (χ2v) is 6.54. The molecule has 1 aromatic rings. The van der Waals surface area contributed by atoms with Gasteiger partial charge in [0.1, 0.15) is 0 Å². The Morgan fingerprint density at radius 3 is 2.81 bits per heavy atom. The molecule has 2 rings (SSSR count). The lowest BCUT2D eigenvalue weighted by molar-refractivity contribution is 0.163. The maximum Gasteiger partial charge on any atom is 0.203 e. The molecule has 0 radical (unpaired) electrons. The fraction of sp³-hybridized carbons (Fsp3) is 0.812. The molecule has 21 heavy (non-hydrogen) atoms. The minimum atomic E-state index is 0.300. The Morgan fingerprint density at radius 2 is 2.19 bits per heavy atom. The Kier molecular flexibility index (Phi) is 5.65. The molecule has 1 N–H and O–H groups in total. The molecule has 5 nitrogen and oxygen atoms in total. The number of imidazole rings is 1. The SMILES string of the molecule is COCC(C)n1cc(C)nc1NCC1CCN(C(C)C)C1. The summed E-state index contributed by atoms with van der Waals surface area (Å²) in [5, 5.41) is 3.54. The van der Waals surface area contributed by atoms with E-state index < -0.39 is 0 Å². The first-order valence-electron chi connectivity index (χ1n) is 8.03. The molecule has 1 aliphatic rings.